The Morgan fingerprint density at radius 3 is 2.65 bits per heavy atom. The summed E-state index contributed by atoms with van der Waals surface area (Å²) in [7, 11) is 0. The van der Waals surface area contributed by atoms with E-state index in [9.17, 15) is 0 Å². The maximum Gasteiger partial charge on any atom is 0.0972 e. The summed E-state index contributed by atoms with van der Waals surface area (Å²) in [6, 6.07) is 7.97. The van der Waals surface area contributed by atoms with Gasteiger partial charge in [-0.05, 0) is 17.7 Å². The van der Waals surface area contributed by atoms with E-state index in [4.69, 9.17) is 11.6 Å². The fourth-order valence-corrected chi connectivity index (χ4v) is 2.83. The average molecular weight is 266 g/mol. The molecule has 1 heterocycles. The molecule has 17 heavy (non-hydrogen) atoms. The summed E-state index contributed by atoms with van der Waals surface area (Å²) in [5.74, 6) is 0. The third-order valence-electron chi connectivity index (χ3n) is 2.56. The summed E-state index contributed by atoms with van der Waals surface area (Å²) in [4.78, 5) is 4.68. The Kier molecular flexibility index (Phi) is 3.55. The van der Waals surface area contributed by atoms with Crippen molar-refractivity contribution >= 4 is 22.9 Å². The van der Waals surface area contributed by atoms with Gasteiger partial charge in [0.15, 0.2) is 0 Å². The molecule has 3 heteroatoms. The van der Waals surface area contributed by atoms with Crippen LogP contribution in [0.1, 0.15) is 37.0 Å². The summed E-state index contributed by atoms with van der Waals surface area (Å²) in [5.41, 5.74) is 2.51. The molecule has 1 nitrogen and oxygen atoms in total. The van der Waals surface area contributed by atoms with E-state index in [1.54, 1.807) is 11.3 Å². The monoisotopic (exact) mass is 265 g/mol. The van der Waals surface area contributed by atoms with Crippen molar-refractivity contribution in [3.8, 4) is 0 Å². The first-order chi connectivity index (χ1) is 7.95. The third kappa shape index (κ3) is 3.30. The topological polar surface area (TPSA) is 12.9 Å². The highest BCUT2D eigenvalue weighted by Gasteiger charge is 2.17. The number of aromatic nitrogens is 1. The highest BCUT2D eigenvalue weighted by molar-refractivity contribution is 7.09. The molecule has 0 saturated heterocycles. The molecule has 1 aromatic heterocycles. The molecule has 2 aromatic rings. The minimum Gasteiger partial charge on any atom is -0.245 e. The predicted molar refractivity (Wildman–Crippen MR) is 75.1 cm³/mol. The lowest BCUT2D eigenvalue weighted by atomic mass is 9.93. The highest BCUT2D eigenvalue weighted by Crippen LogP contribution is 2.25. The van der Waals surface area contributed by atoms with Crippen molar-refractivity contribution in [3.05, 3.63) is 50.9 Å². The van der Waals surface area contributed by atoms with Gasteiger partial charge in [-0.15, -0.1) is 11.3 Å². The summed E-state index contributed by atoms with van der Waals surface area (Å²) in [5, 5.41) is 4.09. The van der Waals surface area contributed by atoms with Crippen LogP contribution in [-0.2, 0) is 11.8 Å². The van der Waals surface area contributed by atoms with Gasteiger partial charge in [-0.1, -0.05) is 44.5 Å². The van der Waals surface area contributed by atoms with E-state index < -0.39 is 0 Å². The quantitative estimate of drug-likeness (QED) is 0.768. The van der Waals surface area contributed by atoms with E-state index in [1.807, 2.05) is 18.2 Å². The van der Waals surface area contributed by atoms with Gasteiger partial charge in [-0.25, -0.2) is 4.98 Å². The van der Waals surface area contributed by atoms with Gasteiger partial charge < -0.3 is 0 Å². The second kappa shape index (κ2) is 4.79. The summed E-state index contributed by atoms with van der Waals surface area (Å²) >= 11 is 7.69. The van der Waals surface area contributed by atoms with Gasteiger partial charge >= 0.3 is 0 Å². The van der Waals surface area contributed by atoms with Crippen molar-refractivity contribution in [2.45, 2.75) is 32.6 Å². The number of halogens is 1. The van der Waals surface area contributed by atoms with Gasteiger partial charge in [0.05, 0.1) is 10.7 Å². The van der Waals surface area contributed by atoms with Crippen molar-refractivity contribution in [1.29, 1.82) is 0 Å². The van der Waals surface area contributed by atoms with Crippen molar-refractivity contribution < 1.29 is 0 Å². The molecule has 0 aliphatic rings. The molecule has 90 valence electrons. The van der Waals surface area contributed by atoms with E-state index in [-0.39, 0.29) is 5.41 Å². The first-order valence-electron chi connectivity index (χ1n) is 5.64. The maximum atomic E-state index is 5.97. The molecule has 0 spiro atoms. The Bertz CT molecular complexity index is 511. The van der Waals surface area contributed by atoms with Crippen LogP contribution in [0.2, 0.25) is 5.02 Å². The number of hydrogen-bond donors (Lipinski definition) is 0. The molecule has 0 bridgehead atoms. The van der Waals surface area contributed by atoms with Crippen LogP contribution in [0, 0.1) is 0 Å². The van der Waals surface area contributed by atoms with E-state index in [0.717, 1.165) is 16.5 Å². The van der Waals surface area contributed by atoms with Gasteiger partial charge in [0.25, 0.3) is 0 Å². The number of rotatable bonds is 2. The first-order valence-corrected chi connectivity index (χ1v) is 6.90. The van der Waals surface area contributed by atoms with Crippen LogP contribution in [-0.4, -0.2) is 4.98 Å². The standard InChI is InChI=1S/C14H16ClNS/c1-14(2,3)12-9-17-13(16-12)8-10-5-4-6-11(15)7-10/h4-7,9H,8H2,1-3H3. The molecule has 0 amide bonds. The molecule has 0 radical (unpaired) electrons. The molecule has 2 rings (SSSR count). The Morgan fingerprint density at radius 1 is 1.29 bits per heavy atom. The summed E-state index contributed by atoms with van der Waals surface area (Å²) < 4.78 is 0. The number of hydrogen-bond acceptors (Lipinski definition) is 2. The first kappa shape index (κ1) is 12.6. The van der Waals surface area contributed by atoms with Crippen LogP contribution in [0.15, 0.2) is 29.6 Å². The number of nitrogens with zero attached hydrogens (tertiary/aromatic N) is 1. The van der Waals surface area contributed by atoms with E-state index >= 15 is 0 Å². The molecule has 0 aliphatic heterocycles. The smallest absolute Gasteiger partial charge is 0.0972 e. The summed E-state index contributed by atoms with van der Waals surface area (Å²) in [6.07, 6.45) is 0.862. The summed E-state index contributed by atoms with van der Waals surface area (Å²) in [6.45, 7) is 6.56. The van der Waals surface area contributed by atoms with Crippen LogP contribution in [0.25, 0.3) is 0 Å². The van der Waals surface area contributed by atoms with Crippen LogP contribution >= 0.6 is 22.9 Å². The number of benzene rings is 1. The van der Waals surface area contributed by atoms with E-state index in [2.05, 4.69) is 37.2 Å². The molecule has 0 atom stereocenters. The van der Waals surface area contributed by atoms with Crippen LogP contribution in [0.5, 0.6) is 0 Å². The zero-order chi connectivity index (χ0) is 12.5. The molecule has 0 unspecified atom stereocenters. The van der Waals surface area contributed by atoms with Crippen LogP contribution < -0.4 is 0 Å². The molecule has 0 aliphatic carbocycles. The second-order valence-electron chi connectivity index (χ2n) is 5.18. The maximum absolute atomic E-state index is 5.97. The van der Waals surface area contributed by atoms with Gasteiger partial charge in [0, 0.05) is 22.2 Å². The van der Waals surface area contributed by atoms with Gasteiger partial charge in [0.1, 0.15) is 0 Å². The van der Waals surface area contributed by atoms with Crippen molar-refractivity contribution in [3.63, 3.8) is 0 Å². The van der Waals surface area contributed by atoms with Crippen LogP contribution in [0.3, 0.4) is 0 Å². The van der Waals surface area contributed by atoms with E-state index in [1.165, 1.54) is 11.3 Å². The SMILES string of the molecule is CC(C)(C)c1csc(Cc2cccc(Cl)c2)n1. The largest absolute Gasteiger partial charge is 0.245 e. The van der Waals surface area contributed by atoms with Crippen LogP contribution in [0.4, 0.5) is 0 Å². The predicted octanol–water partition coefficient (Wildman–Crippen LogP) is 4.68. The Labute approximate surface area is 111 Å². The lowest BCUT2D eigenvalue weighted by Gasteiger charge is -2.14. The molecule has 0 saturated carbocycles. The third-order valence-corrected chi connectivity index (χ3v) is 3.65. The molecule has 1 aromatic carbocycles. The normalized spacial score (nSPS) is 11.8. The van der Waals surface area contributed by atoms with Gasteiger partial charge in [-0.3, -0.25) is 0 Å². The Morgan fingerprint density at radius 2 is 2.06 bits per heavy atom. The molecular formula is C14H16ClNS. The molecule has 0 N–H and O–H groups in total. The fourth-order valence-electron chi connectivity index (χ4n) is 1.56. The minimum atomic E-state index is 0.128. The van der Waals surface area contributed by atoms with E-state index in [0.29, 0.717) is 0 Å². The second-order valence-corrected chi connectivity index (χ2v) is 6.56. The Hall–Kier alpha value is -0.860. The zero-order valence-electron chi connectivity index (χ0n) is 10.3. The van der Waals surface area contributed by atoms with Crippen molar-refractivity contribution in [1.82, 2.24) is 4.98 Å². The lowest BCUT2D eigenvalue weighted by molar-refractivity contribution is 0.571. The van der Waals surface area contributed by atoms with Crippen molar-refractivity contribution in [2.75, 3.05) is 0 Å². The minimum absolute atomic E-state index is 0.128. The number of thiazole rings is 1. The van der Waals surface area contributed by atoms with Crippen molar-refractivity contribution in [2.24, 2.45) is 0 Å². The molecule has 0 fully saturated rings. The Balaban J connectivity index is 2.17. The highest BCUT2D eigenvalue weighted by atomic mass is 35.5. The fraction of sp³-hybridized carbons (Fsp3) is 0.357. The molecular weight excluding hydrogens is 250 g/mol. The van der Waals surface area contributed by atoms with Gasteiger partial charge in [-0.2, -0.15) is 0 Å². The lowest BCUT2D eigenvalue weighted by Crippen LogP contribution is -2.11. The average Bonchev–Trinajstić information content (AvgIpc) is 2.65. The van der Waals surface area contributed by atoms with Gasteiger partial charge in [0.2, 0.25) is 0 Å². The zero-order valence-corrected chi connectivity index (χ0v) is 11.9.